The van der Waals surface area contributed by atoms with Crippen LogP contribution in [-0.2, 0) is 4.74 Å². The second-order valence-corrected chi connectivity index (χ2v) is 8.34. The lowest BCUT2D eigenvalue weighted by Gasteiger charge is -2.38. The SMILES string of the molecule is CCCCN(C(=O)Nc1cc(C(N)=O)c(F)cc1F)C1CCN(C(=O)OCC(C)C)CC1. The Labute approximate surface area is 187 Å². The fraction of sp³-hybridized carbons (Fsp3) is 0.591. The molecule has 1 heterocycles. The quantitative estimate of drug-likeness (QED) is 0.620. The molecule has 1 fully saturated rings. The Morgan fingerprint density at radius 2 is 1.88 bits per heavy atom. The molecule has 0 spiro atoms. The van der Waals surface area contributed by atoms with E-state index in [4.69, 9.17) is 10.5 Å². The number of nitrogens with zero attached hydrogens (tertiary/aromatic N) is 2. The maximum atomic E-state index is 14.2. The fourth-order valence-corrected chi connectivity index (χ4v) is 3.49. The van der Waals surface area contributed by atoms with Crippen molar-refractivity contribution in [2.45, 2.75) is 52.5 Å². The van der Waals surface area contributed by atoms with Gasteiger partial charge in [0.25, 0.3) is 5.91 Å². The van der Waals surface area contributed by atoms with Crippen molar-refractivity contribution in [3.8, 4) is 0 Å². The second-order valence-electron chi connectivity index (χ2n) is 8.34. The average Bonchev–Trinajstić information content (AvgIpc) is 2.74. The van der Waals surface area contributed by atoms with Gasteiger partial charge in [0, 0.05) is 31.7 Å². The highest BCUT2D eigenvalue weighted by Crippen LogP contribution is 2.23. The van der Waals surface area contributed by atoms with E-state index < -0.39 is 29.1 Å². The summed E-state index contributed by atoms with van der Waals surface area (Å²) in [6, 6.07) is 0.707. The van der Waals surface area contributed by atoms with Crippen molar-refractivity contribution in [2.24, 2.45) is 11.7 Å². The van der Waals surface area contributed by atoms with Gasteiger partial charge < -0.3 is 25.6 Å². The molecule has 178 valence electrons. The van der Waals surface area contributed by atoms with Crippen LogP contribution in [0.2, 0.25) is 0 Å². The predicted molar refractivity (Wildman–Crippen MR) is 116 cm³/mol. The summed E-state index contributed by atoms with van der Waals surface area (Å²) < 4.78 is 33.2. The maximum absolute atomic E-state index is 14.2. The number of hydrogen-bond donors (Lipinski definition) is 2. The molecule has 1 aliphatic heterocycles. The fourth-order valence-electron chi connectivity index (χ4n) is 3.49. The van der Waals surface area contributed by atoms with Crippen molar-refractivity contribution >= 4 is 23.7 Å². The number of unbranched alkanes of at least 4 members (excludes halogenated alkanes) is 1. The Morgan fingerprint density at radius 3 is 2.44 bits per heavy atom. The van der Waals surface area contributed by atoms with Crippen LogP contribution in [-0.4, -0.2) is 60.1 Å². The first-order valence-corrected chi connectivity index (χ1v) is 10.9. The zero-order valence-electron chi connectivity index (χ0n) is 18.8. The normalized spacial score (nSPS) is 14.4. The van der Waals surface area contributed by atoms with Crippen LogP contribution in [0, 0.1) is 17.6 Å². The lowest BCUT2D eigenvalue weighted by Crippen LogP contribution is -2.50. The van der Waals surface area contributed by atoms with E-state index >= 15 is 0 Å². The van der Waals surface area contributed by atoms with Crippen LogP contribution in [0.25, 0.3) is 0 Å². The second kappa shape index (κ2) is 11.6. The van der Waals surface area contributed by atoms with E-state index in [-0.39, 0.29) is 23.7 Å². The highest BCUT2D eigenvalue weighted by Gasteiger charge is 2.30. The number of likely N-dealkylation sites (tertiary alicyclic amines) is 1. The number of hydrogen-bond acceptors (Lipinski definition) is 4. The number of primary amides is 1. The standard InChI is InChI=1S/C22H32F2N4O4/c1-4-5-8-28(15-6-9-27(10-7-15)22(31)32-13-14(2)3)21(30)26-19-11-16(20(25)29)17(23)12-18(19)24/h11-12,14-15H,4-10,13H2,1-3H3,(H2,25,29)(H,26,30). The summed E-state index contributed by atoms with van der Waals surface area (Å²) in [4.78, 5) is 39.7. The van der Waals surface area contributed by atoms with Crippen molar-refractivity contribution < 1.29 is 27.9 Å². The number of ether oxygens (including phenoxy) is 1. The summed E-state index contributed by atoms with van der Waals surface area (Å²) >= 11 is 0. The van der Waals surface area contributed by atoms with Gasteiger partial charge in [0.1, 0.15) is 11.6 Å². The van der Waals surface area contributed by atoms with Gasteiger partial charge in [0.2, 0.25) is 0 Å². The van der Waals surface area contributed by atoms with Crippen molar-refractivity contribution in [1.29, 1.82) is 0 Å². The Bertz CT molecular complexity index is 826. The Hall–Kier alpha value is -2.91. The van der Waals surface area contributed by atoms with E-state index in [1.165, 1.54) is 0 Å². The van der Waals surface area contributed by atoms with E-state index in [9.17, 15) is 23.2 Å². The van der Waals surface area contributed by atoms with Crippen molar-refractivity contribution in [3.05, 3.63) is 29.3 Å². The number of carbonyl (C=O) groups is 3. The summed E-state index contributed by atoms with van der Waals surface area (Å²) in [5, 5.41) is 2.44. The summed E-state index contributed by atoms with van der Waals surface area (Å²) in [6.45, 7) is 7.57. The van der Waals surface area contributed by atoms with Crippen LogP contribution in [0.1, 0.15) is 56.8 Å². The smallest absolute Gasteiger partial charge is 0.409 e. The van der Waals surface area contributed by atoms with Crippen LogP contribution in [0.3, 0.4) is 0 Å². The van der Waals surface area contributed by atoms with Gasteiger partial charge in [-0.3, -0.25) is 4.79 Å². The van der Waals surface area contributed by atoms with Crippen LogP contribution < -0.4 is 11.1 Å². The van der Waals surface area contributed by atoms with Crippen molar-refractivity contribution in [3.63, 3.8) is 0 Å². The van der Waals surface area contributed by atoms with Crippen LogP contribution in [0.15, 0.2) is 12.1 Å². The molecule has 8 nitrogen and oxygen atoms in total. The number of nitrogens with two attached hydrogens (primary N) is 1. The highest BCUT2D eigenvalue weighted by molar-refractivity contribution is 5.96. The maximum Gasteiger partial charge on any atom is 0.409 e. The van der Waals surface area contributed by atoms with E-state index in [0.717, 1.165) is 18.9 Å². The monoisotopic (exact) mass is 454 g/mol. The van der Waals surface area contributed by atoms with Crippen molar-refractivity contribution in [2.75, 3.05) is 31.6 Å². The van der Waals surface area contributed by atoms with Crippen molar-refractivity contribution in [1.82, 2.24) is 9.80 Å². The van der Waals surface area contributed by atoms with Gasteiger partial charge in [0.15, 0.2) is 0 Å². The molecule has 2 rings (SSSR count). The molecule has 0 saturated carbocycles. The molecule has 0 bridgehead atoms. The van der Waals surface area contributed by atoms with E-state index in [0.29, 0.717) is 45.1 Å². The van der Waals surface area contributed by atoms with Crippen LogP contribution in [0.4, 0.5) is 24.1 Å². The molecular weight excluding hydrogens is 422 g/mol. The number of benzene rings is 1. The molecule has 4 amide bonds. The van der Waals surface area contributed by atoms with Crippen LogP contribution in [0.5, 0.6) is 0 Å². The largest absolute Gasteiger partial charge is 0.449 e. The van der Waals surface area contributed by atoms with E-state index in [1.54, 1.807) is 9.80 Å². The van der Waals surface area contributed by atoms with E-state index in [1.807, 2.05) is 20.8 Å². The van der Waals surface area contributed by atoms with Gasteiger partial charge in [0.05, 0.1) is 17.9 Å². The van der Waals surface area contributed by atoms with Gasteiger partial charge in [-0.1, -0.05) is 27.2 Å². The molecule has 32 heavy (non-hydrogen) atoms. The number of rotatable bonds is 8. The zero-order chi connectivity index (χ0) is 23.8. The molecule has 1 aromatic carbocycles. The number of urea groups is 1. The Balaban J connectivity index is 2.07. The van der Waals surface area contributed by atoms with Gasteiger partial charge in [-0.15, -0.1) is 0 Å². The number of halogens is 2. The minimum absolute atomic E-state index is 0.158. The highest BCUT2D eigenvalue weighted by atomic mass is 19.1. The Kier molecular flexibility index (Phi) is 9.22. The minimum Gasteiger partial charge on any atom is -0.449 e. The average molecular weight is 455 g/mol. The first kappa shape index (κ1) is 25.4. The lowest BCUT2D eigenvalue weighted by atomic mass is 10.0. The number of piperidine rings is 1. The molecule has 1 saturated heterocycles. The molecule has 0 radical (unpaired) electrons. The summed E-state index contributed by atoms with van der Waals surface area (Å²) in [5.41, 5.74) is 4.29. The first-order chi connectivity index (χ1) is 15.1. The summed E-state index contributed by atoms with van der Waals surface area (Å²) in [7, 11) is 0. The molecule has 0 atom stereocenters. The summed E-state index contributed by atoms with van der Waals surface area (Å²) in [6.07, 6.45) is 2.32. The first-order valence-electron chi connectivity index (χ1n) is 10.9. The molecular formula is C22H32F2N4O4. The number of amides is 4. The third kappa shape index (κ3) is 6.80. The molecule has 10 heteroatoms. The molecule has 1 aliphatic rings. The number of nitrogens with one attached hydrogen (secondary N) is 1. The van der Waals surface area contributed by atoms with Gasteiger partial charge >= 0.3 is 12.1 Å². The Morgan fingerprint density at radius 1 is 1.22 bits per heavy atom. The third-order valence-electron chi connectivity index (χ3n) is 5.28. The number of anilines is 1. The predicted octanol–water partition coefficient (Wildman–Crippen LogP) is 3.95. The third-order valence-corrected chi connectivity index (χ3v) is 5.28. The molecule has 0 unspecified atom stereocenters. The topological polar surface area (TPSA) is 105 Å². The van der Waals surface area contributed by atoms with Gasteiger partial charge in [-0.05, 0) is 31.2 Å². The summed E-state index contributed by atoms with van der Waals surface area (Å²) in [5.74, 6) is -2.91. The molecule has 3 N–H and O–H groups in total. The lowest BCUT2D eigenvalue weighted by molar-refractivity contribution is 0.0721. The zero-order valence-corrected chi connectivity index (χ0v) is 18.8. The molecule has 0 aliphatic carbocycles. The minimum atomic E-state index is -1.09. The molecule has 1 aromatic rings. The van der Waals surface area contributed by atoms with Gasteiger partial charge in [-0.2, -0.15) is 0 Å². The van der Waals surface area contributed by atoms with E-state index in [2.05, 4.69) is 5.32 Å². The number of carbonyl (C=O) groups excluding carboxylic acids is 3. The van der Waals surface area contributed by atoms with Gasteiger partial charge in [-0.25, -0.2) is 18.4 Å². The molecule has 0 aromatic heterocycles. The van der Waals surface area contributed by atoms with Crippen LogP contribution >= 0.6 is 0 Å².